The number of hydrogen-bond donors (Lipinski definition) is 2. The van der Waals surface area contributed by atoms with Crippen molar-refractivity contribution in [1.29, 1.82) is 0 Å². The number of amides is 4. The molecular formula is C34H36F2N4O10S2. The van der Waals surface area contributed by atoms with Crippen LogP contribution in [0.4, 0.5) is 8.78 Å². The minimum atomic E-state index is -2.06. The number of esters is 2. The molecule has 0 unspecified atom stereocenters. The maximum Gasteiger partial charge on any atom is 0.354 e. The maximum atomic E-state index is 15.3. The Morgan fingerprint density at radius 3 is 1.31 bits per heavy atom. The number of methoxy groups -OCH3 is 2. The van der Waals surface area contributed by atoms with E-state index in [9.17, 15) is 28.8 Å². The molecule has 0 radical (unpaired) electrons. The lowest BCUT2D eigenvalue weighted by Gasteiger charge is -2.43. The van der Waals surface area contributed by atoms with E-state index in [-0.39, 0.29) is 34.0 Å². The van der Waals surface area contributed by atoms with Gasteiger partial charge < -0.3 is 29.6 Å². The van der Waals surface area contributed by atoms with Crippen molar-refractivity contribution in [2.24, 2.45) is 0 Å². The van der Waals surface area contributed by atoms with E-state index < -0.39 is 73.5 Å². The van der Waals surface area contributed by atoms with Crippen molar-refractivity contribution in [1.82, 2.24) is 20.4 Å². The van der Waals surface area contributed by atoms with Crippen molar-refractivity contribution in [2.75, 3.05) is 38.9 Å². The fourth-order valence-electron chi connectivity index (χ4n) is 4.95. The van der Waals surface area contributed by atoms with E-state index in [4.69, 9.17) is 18.9 Å². The first-order valence-electron chi connectivity index (χ1n) is 15.6. The summed E-state index contributed by atoms with van der Waals surface area (Å²) in [4.78, 5) is 76.9. The third-order valence-electron chi connectivity index (χ3n) is 7.59. The zero-order valence-corrected chi connectivity index (χ0v) is 30.1. The number of ether oxygens (including phenoxy) is 4. The molecule has 2 heterocycles. The minimum Gasteiger partial charge on any atom is -0.484 e. The molecule has 4 amide bonds. The second-order valence-corrected chi connectivity index (χ2v) is 13.7. The Labute approximate surface area is 305 Å². The third-order valence-corrected chi connectivity index (χ3v) is 10.1. The summed E-state index contributed by atoms with van der Waals surface area (Å²) in [6.45, 7) is 2.07. The molecule has 2 aliphatic heterocycles. The van der Waals surface area contributed by atoms with E-state index >= 15 is 8.78 Å². The number of β-lactam (4-membered cyclic amide) rings is 2. The molecule has 278 valence electrons. The second-order valence-electron chi connectivity index (χ2n) is 11.2. The predicted octanol–water partition coefficient (Wildman–Crippen LogP) is 2.67. The highest BCUT2D eigenvalue weighted by Crippen LogP contribution is 2.35. The molecule has 0 aliphatic carbocycles. The molecule has 18 heteroatoms. The topological polar surface area (TPSA) is 170 Å². The number of nitrogens with zero attached hydrogens (tertiary/aromatic N) is 2. The Bertz CT molecular complexity index is 1610. The van der Waals surface area contributed by atoms with Gasteiger partial charge in [-0.05, 0) is 49.3 Å². The monoisotopic (exact) mass is 762 g/mol. The Balaban J connectivity index is 1.32. The predicted molar refractivity (Wildman–Crippen MR) is 186 cm³/mol. The van der Waals surface area contributed by atoms with Crippen LogP contribution >= 0.6 is 21.6 Å². The molecule has 14 nitrogen and oxygen atoms in total. The summed E-state index contributed by atoms with van der Waals surface area (Å²) in [5, 5.41) is 4.53. The number of para-hydroxylation sites is 2. The van der Waals surface area contributed by atoms with E-state index in [2.05, 4.69) is 10.6 Å². The van der Waals surface area contributed by atoms with Crippen molar-refractivity contribution in [3.05, 3.63) is 83.2 Å². The standard InChI is InChI=1S/C34H36F2N4O10S2/c1-19(27(33(45)47-3)39-29(35)25(31(39)43)37-23(41)15-49-21-11-7-5-8-12-21)17-51-52-18-20(2)28(34(46)48-4)40-30(36)26(32(40)44)38-24(42)16-50-22-13-9-6-10-14-22/h5-14,25-26,29-30H,15-18H2,1-4H3,(H,37,41)(H,38,42)/b27-19+,28-20+/t25-,26-,29+,30+/m0/s1. The van der Waals surface area contributed by atoms with Gasteiger partial charge in [0, 0.05) is 11.5 Å². The summed E-state index contributed by atoms with van der Waals surface area (Å²) in [7, 11) is 4.45. The van der Waals surface area contributed by atoms with Gasteiger partial charge in [-0.3, -0.25) is 29.0 Å². The van der Waals surface area contributed by atoms with Gasteiger partial charge in [-0.25, -0.2) is 18.4 Å². The molecule has 2 aromatic carbocycles. The Morgan fingerprint density at radius 2 is 1.00 bits per heavy atom. The minimum absolute atomic E-state index is 0.0713. The van der Waals surface area contributed by atoms with Crippen LogP contribution in [0, 0.1) is 0 Å². The van der Waals surface area contributed by atoms with Crippen molar-refractivity contribution < 1.29 is 56.5 Å². The first kappa shape index (κ1) is 39.7. The van der Waals surface area contributed by atoms with Crippen LogP contribution in [0.3, 0.4) is 0 Å². The molecule has 0 spiro atoms. The average Bonchev–Trinajstić information content (AvgIpc) is 3.16. The number of likely N-dealkylation sites (tertiary alicyclic amines) is 2. The molecular weight excluding hydrogens is 727 g/mol. The fourth-order valence-corrected chi connectivity index (χ4v) is 7.30. The SMILES string of the molecule is COC(=O)/C(=C(/C)CSSC/C(C)=C(\C(=O)OC)N1C(=O)[C@@H](NC(=O)COc2ccccc2)[C@@H]1F)N1C(=O)[C@@H](NC(=O)COc2ccccc2)[C@@H]1F. The fraction of sp³-hybridized carbons (Fsp3) is 0.353. The van der Waals surface area contributed by atoms with Crippen molar-refractivity contribution in [3.8, 4) is 11.5 Å². The molecule has 2 fully saturated rings. The van der Waals surface area contributed by atoms with Crippen molar-refractivity contribution in [2.45, 2.75) is 38.5 Å². The van der Waals surface area contributed by atoms with Crippen molar-refractivity contribution >= 4 is 57.2 Å². The van der Waals surface area contributed by atoms with Crippen LogP contribution in [0.25, 0.3) is 0 Å². The number of alkyl halides is 2. The van der Waals surface area contributed by atoms with Crippen molar-refractivity contribution in [3.63, 3.8) is 0 Å². The second kappa shape index (κ2) is 18.4. The molecule has 4 rings (SSSR count). The number of benzene rings is 2. The molecule has 2 saturated heterocycles. The summed E-state index contributed by atoms with van der Waals surface area (Å²) >= 11 is 0. The van der Waals surface area contributed by atoms with Gasteiger partial charge in [0.2, 0.25) is 12.6 Å². The van der Waals surface area contributed by atoms with Gasteiger partial charge in [-0.1, -0.05) is 58.0 Å². The van der Waals surface area contributed by atoms with E-state index in [0.717, 1.165) is 35.8 Å². The van der Waals surface area contributed by atoms with Gasteiger partial charge in [0.15, 0.2) is 25.3 Å². The van der Waals surface area contributed by atoms with Crippen LogP contribution in [0.15, 0.2) is 83.2 Å². The summed E-state index contributed by atoms with van der Waals surface area (Å²) in [5.74, 6) is -4.19. The molecule has 2 aromatic rings. The number of hydrogen-bond acceptors (Lipinski definition) is 12. The van der Waals surface area contributed by atoms with Crippen LogP contribution in [0.5, 0.6) is 11.5 Å². The van der Waals surface area contributed by atoms with E-state index in [0.29, 0.717) is 21.3 Å². The first-order chi connectivity index (χ1) is 24.9. The van der Waals surface area contributed by atoms with Crippen LogP contribution in [0.2, 0.25) is 0 Å². The highest BCUT2D eigenvalue weighted by molar-refractivity contribution is 8.76. The Morgan fingerprint density at radius 1 is 0.654 bits per heavy atom. The molecule has 4 atom stereocenters. The summed E-state index contributed by atoms with van der Waals surface area (Å²) in [5.41, 5.74) is -0.140. The quantitative estimate of drug-likeness (QED) is 0.0605. The lowest BCUT2D eigenvalue weighted by atomic mass is 10.0. The number of halogens is 2. The lowest BCUT2D eigenvalue weighted by Crippen LogP contribution is -2.69. The highest BCUT2D eigenvalue weighted by atomic mass is 33.1. The van der Waals surface area contributed by atoms with Gasteiger partial charge in [0.05, 0.1) is 14.2 Å². The molecule has 2 aliphatic rings. The molecule has 2 N–H and O–H groups in total. The third kappa shape index (κ3) is 9.41. The average molecular weight is 763 g/mol. The number of carbonyl (C=O) groups is 6. The van der Waals surface area contributed by atoms with Crippen LogP contribution in [0.1, 0.15) is 13.8 Å². The first-order valence-corrected chi connectivity index (χ1v) is 18.1. The summed E-state index contributed by atoms with van der Waals surface area (Å²) < 4.78 is 50.7. The van der Waals surface area contributed by atoms with E-state index in [1.165, 1.54) is 13.8 Å². The smallest absolute Gasteiger partial charge is 0.354 e. The van der Waals surface area contributed by atoms with E-state index in [1.807, 2.05) is 0 Å². The molecule has 0 saturated carbocycles. The van der Waals surface area contributed by atoms with E-state index in [1.54, 1.807) is 60.7 Å². The number of carbonyl (C=O) groups excluding carboxylic acids is 6. The summed E-state index contributed by atoms with van der Waals surface area (Å²) in [6, 6.07) is 13.8. The Hall–Kier alpha value is -5.10. The molecule has 0 aromatic heterocycles. The van der Waals surface area contributed by atoms with Crippen LogP contribution in [-0.4, -0.2) is 109 Å². The zero-order valence-electron chi connectivity index (χ0n) is 28.5. The zero-order chi connectivity index (χ0) is 37.9. The Kier molecular flexibility index (Phi) is 14.0. The van der Waals surface area contributed by atoms with Crippen LogP contribution in [-0.2, 0) is 38.2 Å². The summed E-state index contributed by atoms with van der Waals surface area (Å²) in [6.07, 6.45) is -4.12. The lowest BCUT2D eigenvalue weighted by molar-refractivity contribution is -0.164. The van der Waals surface area contributed by atoms with Gasteiger partial charge in [0.25, 0.3) is 23.6 Å². The largest absolute Gasteiger partial charge is 0.484 e. The van der Waals surface area contributed by atoms with Gasteiger partial charge >= 0.3 is 11.9 Å². The maximum absolute atomic E-state index is 15.3. The van der Waals surface area contributed by atoms with Gasteiger partial charge in [-0.15, -0.1) is 0 Å². The number of nitrogens with one attached hydrogen (secondary N) is 2. The number of rotatable bonds is 17. The van der Waals surface area contributed by atoms with Crippen LogP contribution < -0.4 is 20.1 Å². The van der Waals surface area contributed by atoms with Gasteiger partial charge in [0.1, 0.15) is 22.9 Å². The normalized spacial score (nSPS) is 20.3. The van der Waals surface area contributed by atoms with Gasteiger partial charge in [-0.2, -0.15) is 0 Å². The highest BCUT2D eigenvalue weighted by Gasteiger charge is 2.53. The molecule has 52 heavy (non-hydrogen) atoms. The molecule has 0 bridgehead atoms.